The van der Waals surface area contributed by atoms with E-state index in [1.165, 1.54) is 17.4 Å². The van der Waals surface area contributed by atoms with Crippen molar-refractivity contribution in [2.24, 2.45) is 0 Å². The second-order valence-corrected chi connectivity index (χ2v) is 5.64. The van der Waals surface area contributed by atoms with E-state index in [0.717, 1.165) is 13.1 Å². The third-order valence-electron chi connectivity index (χ3n) is 3.21. The number of rotatable bonds is 9. The largest absolute Gasteiger partial charge is 0.318 e. The lowest BCUT2D eigenvalue weighted by Gasteiger charge is -2.29. The molecule has 0 fully saturated rings. The molecule has 1 N–H and O–H groups in total. The van der Waals surface area contributed by atoms with Gasteiger partial charge >= 0.3 is 0 Å². The summed E-state index contributed by atoms with van der Waals surface area (Å²) in [6, 6.07) is 1.35. The van der Waals surface area contributed by atoms with E-state index in [0.29, 0.717) is 12.1 Å². The van der Waals surface area contributed by atoms with Gasteiger partial charge in [0, 0.05) is 29.6 Å². The fraction of sp³-hybridized carbons (Fsp3) is 1.00. The van der Waals surface area contributed by atoms with Crippen molar-refractivity contribution in [2.75, 3.05) is 45.2 Å². The highest BCUT2D eigenvalue weighted by Gasteiger charge is 2.14. The topological polar surface area (TPSA) is 18.5 Å². The van der Waals surface area contributed by atoms with E-state index in [2.05, 4.69) is 65.7 Å². The van der Waals surface area contributed by atoms with Crippen molar-refractivity contribution in [3.05, 3.63) is 0 Å². The molecule has 3 nitrogen and oxygen atoms in total. The standard InChI is InChI=1S/C12H28IN3/c1-11(2)15(4)8-6-12(10-13)16(5)9-7-14-3/h11-12,14H,6-10H2,1-5H3. The van der Waals surface area contributed by atoms with Crippen LogP contribution < -0.4 is 5.32 Å². The summed E-state index contributed by atoms with van der Waals surface area (Å²) in [5, 5.41) is 3.21. The maximum absolute atomic E-state index is 3.21. The molecule has 0 aromatic carbocycles. The first-order chi connectivity index (χ1) is 7.52. The van der Waals surface area contributed by atoms with Gasteiger partial charge in [0.25, 0.3) is 0 Å². The summed E-state index contributed by atoms with van der Waals surface area (Å²) in [6.45, 7) is 7.90. The molecule has 0 amide bonds. The number of nitrogens with one attached hydrogen (secondary N) is 1. The molecule has 0 saturated heterocycles. The van der Waals surface area contributed by atoms with Crippen molar-refractivity contribution in [2.45, 2.75) is 32.4 Å². The second-order valence-electron chi connectivity index (χ2n) is 4.76. The Balaban J connectivity index is 3.89. The Morgan fingerprint density at radius 1 is 1.12 bits per heavy atom. The molecular formula is C12H28IN3. The molecular weight excluding hydrogens is 313 g/mol. The van der Waals surface area contributed by atoms with Gasteiger partial charge in [-0.05, 0) is 48.0 Å². The third-order valence-corrected chi connectivity index (χ3v) is 4.23. The molecule has 1 atom stereocenters. The van der Waals surface area contributed by atoms with Gasteiger partial charge in [0.2, 0.25) is 0 Å². The average molecular weight is 341 g/mol. The summed E-state index contributed by atoms with van der Waals surface area (Å²) in [4.78, 5) is 4.89. The van der Waals surface area contributed by atoms with Crippen molar-refractivity contribution in [3.8, 4) is 0 Å². The van der Waals surface area contributed by atoms with Gasteiger partial charge in [-0.3, -0.25) is 0 Å². The van der Waals surface area contributed by atoms with Crippen LogP contribution in [0.4, 0.5) is 0 Å². The molecule has 0 heterocycles. The Morgan fingerprint density at radius 2 is 1.75 bits per heavy atom. The molecule has 4 heteroatoms. The Bertz CT molecular complexity index is 164. The Morgan fingerprint density at radius 3 is 2.19 bits per heavy atom. The molecule has 0 spiro atoms. The van der Waals surface area contributed by atoms with Gasteiger partial charge < -0.3 is 15.1 Å². The van der Waals surface area contributed by atoms with Crippen LogP contribution in [-0.4, -0.2) is 67.1 Å². The summed E-state index contributed by atoms with van der Waals surface area (Å²) in [5.41, 5.74) is 0. The minimum atomic E-state index is 0.650. The molecule has 98 valence electrons. The molecule has 0 saturated carbocycles. The molecule has 16 heavy (non-hydrogen) atoms. The number of nitrogens with zero attached hydrogens (tertiary/aromatic N) is 2. The maximum Gasteiger partial charge on any atom is 0.0194 e. The summed E-state index contributed by atoms with van der Waals surface area (Å²) >= 11 is 2.50. The van der Waals surface area contributed by atoms with Crippen molar-refractivity contribution >= 4 is 22.6 Å². The molecule has 0 bridgehead atoms. The zero-order valence-electron chi connectivity index (χ0n) is 11.5. The lowest BCUT2D eigenvalue weighted by Crippen LogP contribution is -2.40. The summed E-state index contributed by atoms with van der Waals surface area (Å²) in [6.07, 6.45) is 1.26. The summed E-state index contributed by atoms with van der Waals surface area (Å²) in [5.74, 6) is 0. The fourth-order valence-electron chi connectivity index (χ4n) is 1.50. The van der Waals surface area contributed by atoms with Crippen LogP contribution in [0, 0.1) is 0 Å². The Kier molecular flexibility index (Phi) is 9.99. The van der Waals surface area contributed by atoms with Crippen LogP contribution in [0.3, 0.4) is 0 Å². The van der Waals surface area contributed by atoms with Gasteiger partial charge in [0.1, 0.15) is 0 Å². The van der Waals surface area contributed by atoms with Crippen LogP contribution in [0.1, 0.15) is 20.3 Å². The van der Waals surface area contributed by atoms with Crippen LogP contribution in [-0.2, 0) is 0 Å². The van der Waals surface area contributed by atoms with Gasteiger partial charge in [0.15, 0.2) is 0 Å². The first-order valence-electron chi connectivity index (χ1n) is 6.14. The van der Waals surface area contributed by atoms with E-state index in [4.69, 9.17) is 0 Å². The maximum atomic E-state index is 3.21. The molecule has 1 unspecified atom stereocenters. The molecule has 0 aliphatic heterocycles. The highest BCUT2D eigenvalue weighted by Crippen LogP contribution is 2.07. The first kappa shape index (κ1) is 16.6. The number of halogens is 1. The van der Waals surface area contributed by atoms with E-state index in [9.17, 15) is 0 Å². The predicted molar refractivity (Wildman–Crippen MR) is 81.6 cm³/mol. The second kappa shape index (κ2) is 9.62. The molecule has 0 aromatic rings. The zero-order valence-corrected chi connectivity index (χ0v) is 13.6. The lowest BCUT2D eigenvalue weighted by molar-refractivity contribution is 0.206. The van der Waals surface area contributed by atoms with Crippen LogP contribution in [0.15, 0.2) is 0 Å². The highest BCUT2D eigenvalue weighted by molar-refractivity contribution is 14.1. The summed E-state index contributed by atoms with van der Waals surface area (Å²) < 4.78 is 1.21. The predicted octanol–water partition coefficient (Wildman–Crippen LogP) is 1.67. The van der Waals surface area contributed by atoms with Crippen LogP contribution in [0.5, 0.6) is 0 Å². The SMILES string of the molecule is CNCCN(C)C(CI)CCN(C)C(C)C. The van der Waals surface area contributed by atoms with Crippen LogP contribution in [0.2, 0.25) is 0 Å². The van der Waals surface area contributed by atoms with E-state index in [1.54, 1.807) is 0 Å². The van der Waals surface area contributed by atoms with Gasteiger partial charge in [-0.1, -0.05) is 22.6 Å². The van der Waals surface area contributed by atoms with Crippen molar-refractivity contribution in [3.63, 3.8) is 0 Å². The van der Waals surface area contributed by atoms with Crippen molar-refractivity contribution < 1.29 is 0 Å². The number of hydrogen-bond acceptors (Lipinski definition) is 3. The lowest BCUT2D eigenvalue weighted by atomic mass is 10.2. The minimum absolute atomic E-state index is 0.650. The third kappa shape index (κ3) is 7.04. The number of hydrogen-bond donors (Lipinski definition) is 1. The molecule has 0 rings (SSSR count). The Labute approximate surface area is 115 Å². The van der Waals surface area contributed by atoms with E-state index < -0.39 is 0 Å². The average Bonchev–Trinajstić information content (AvgIpc) is 2.26. The van der Waals surface area contributed by atoms with Crippen LogP contribution in [0.25, 0.3) is 0 Å². The Hall–Kier alpha value is 0.610. The molecule has 0 radical (unpaired) electrons. The minimum Gasteiger partial charge on any atom is -0.318 e. The van der Waals surface area contributed by atoms with Gasteiger partial charge in [-0.2, -0.15) is 0 Å². The molecule has 0 aliphatic rings. The molecule has 0 aromatic heterocycles. The van der Waals surface area contributed by atoms with E-state index >= 15 is 0 Å². The van der Waals surface area contributed by atoms with Crippen molar-refractivity contribution in [1.29, 1.82) is 0 Å². The van der Waals surface area contributed by atoms with Crippen LogP contribution >= 0.6 is 22.6 Å². The van der Waals surface area contributed by atoms with Gasteiger partial charge in [0.05, 0.1) is 0 Å². The van der Waals surface area contributed by atoms with Gasteiger partial charge in [-0.25, -0.2) is 0 Å². The smallest absolute Gasteiger partial charge is 0.0194 e. The number of likely N-dealkylation sites (N-methyl/N-ethyl adjacent to an activating group) is 2. The van der Waals surface area contributed by atoms with E-state index in [1.807, 2.05) is 7.05 Å². The monoisotopic (exact) mass is 341 g/mol. The van der Waals surface area contributed by atoms with E-state index in [-0.39, 0.29) is 0 Å². The van der Waals surface area contributed by atoms with Crippen molar-refractivity contribution in [1.82, 2.24) is 15.1 Å². The quantitative estimate of drug-likeness (QED) is 0.508. The molecule has 0 aliphatic carbocycles. The highest BCUT2D eigenvalue weighted by atomic mass is 127. The fourth-order valence-corrected chi connectivity index (χ4v) is 2.61. The first-order valence-corrected chi connectivity index (χ1v) is 7.66. The van der Waals surface area contributed by atoms with Gasteiger partial charge in [-0.15, -0.1) is 0 Å². The normalized spacial score (nSPS) is 14.1. The zero-order chi connectivity index (χ0) is 12.6. The number of alkyl halides is 1. The summed E-state index contributed by atoms with van der Waals surface area (Å²) in [7, 11) is 6.46.